The summed E-state index contributed by atoms with van der Waals surface area (Å²) >= 11 is 0. The number of carbonyl (C=O) groups is 5. The molecule has 0 aromatic rings. The molecule has 3 N–H and O–H groups in total. The van der Waals surface area contributed by atoms with E-state index in [1.165, 1.54) is 14.2 Å². The minimum Gasteiger partial charge on any atom is -0.456 e. The van der Waals surface area contributed by atoms with E-state index in [-0.39, 0.29) is 56.1 Å². The fraction of sp³-hybridized carbons (Fsp3) is 0.795. The number of alkyl halides is 1. The molecule has 15 heteroatoms. The standard InChI is InChI=1S/C44H69FN2O12/c1-10-30-18-24(2)38(45)25(3)19-36(56-8)40-37(57-9)20-27(5)44(54,59-40)41(51)42(52)47-16-12-11-13-32(47)43(53)58-39(28(6)33(49)22-34(30)50)26(4)17-29-14-15-31(46-23-48)35(21-29)55-7/h17-18,23,25,27-33,35-40,49,54H,10-16,19-22H2,1-9H3,(H,46,48). The molecule has 1 saturated carbocycles. The lowest BCUT2D eigenvalue weighted by Gasteiger charge is -2.47. The number of nitrogens with one attached hydrogen (secondary N) is 1. The number of fused-ring (bicyclic) bond motifs is 3. The minimum absolute atomic E-state index is 0.0315. The van der Waals surface area contributed by atoms with Crippen molar-refractivity contribution < 1.29 is 62.3 Å². The third kappa shape index (κ3) is 11.3. The van der Waals surface area contributed by atoms with Gasteiger partial charge in [0.15, 0.2) is 0 Å². The molecule has 334 valence electrons. The summed E-state index contributed by atoms with van der Waals surface area (Å²) < 4.78 is 45.9. The average molecular weight is 837 g/mol. The fourth-order valence-corrected chi connectivity index (χ4v) is 9.60. The highest BCUT2D eigenvalue weighted by molar-refractivity contribution is 6.39. The third-order valence-corrected chi connectivity index (χ3v) is 13.4. The summed E-state index contributed by atoms with van der Waals surface area (Å²) in [5.74, 6) is -9.15. The van der Waals surface area contributed by atoms with E-state index in [2.05, 4.69) is 5.32 Å². The molecule has 59 heavy (non-hydrogen) atoms. The molecule has 4 aliphatic rings. The Kier molecular flexibility index (Phi) is 17.8. The van der Waals surface area contributed by atoms with Gasteiger partial charge in [-0.15, -0.1) is 0 Å². The van der Waals surface area contributed by atoms with Crippen molar-refractivity contribution in [2.75, 3.05) is 27.9 Å². The molecule has 3 fully saturated rings. The predicted octanol–water partition coefficient (Wildman–Crippen LogP) is 4.17. The molecular formula is C44H69FN2O12. The first kappa shape index (κ1) is 48.6. The Bertz CT molecular complexity index is 1540. The Morgan fingerprint density at radius 1 is 1.00 bits per heavy atom. The number of rotatable bonds is 8. The Hall–Kier alpha value is -3.08. The number of ketones is 2. The smallest absolute Gasteiger partial charge is 0.329 e. The Labute approximate surface area is 348 Å². The van der Waals surface area contributed by atoms with E-state index in [1.807, 2.05) is 13.0 Å². The second-order valence-electron chi connectivity index (χ2n) is 17.4. The van der Waals surface area contributed by atoms with Crippen molar-refractivity contribution in [3.63, 3.8) is 0 Å². The highest BCUT2D eigenvalue weighted by Gasteiger charge is 2.57. The van der Waals surface area contributed by atoms with E-state index < -0.39 is 89.9 Å². The molecule has 3 heterocycles. The molecule has 15 atom stereocenters. The van der Waals surface area contributed by atoms with Gasteiger partial charge in [0.2, 0.25) is 12.2 Å². The third-order valence-electron chi connectivity index (χ3n) is 13.4. The SMILES string of the molecule is CCC1C=C(C)C(F)C(C)CC(OC)C2OC(O)(C(=O)C(=O)N3CCCCC3C(=O)OC(C(C)=CC3CCC(NC=O)C(OC)C3)C(C)C(O)CC1=O)C(C)CC2OC. The molecule has 0 aromatic carbocycles. The Balaban J connectivity index is 1.78. The fourth-order valence-electron chi connectivity index (χ4n) is 9.60. The molecular weight excluding hydrogens is 767 g/mol. The summed E-state index contributed by atoms with van der Waals surface area (Å²) in [7, 11) is 4.45. The van der Waals surface area contributed by atoms with E-state index in [4.69, 9.17) is 23.7 Å². The first-order chi connectivity index (χ1) is 27.9. The molecule has 2 amide bonds. The van der Waals surface area contributed by atoms with Gasteiger partial charge < -0.3 is 44.1 Å². The summed E-state index contributed by atoms with van der Waals surface area (Å²) in [5, 5.41) is 26.5. The number of methoxy groups -OCH3 is 3. The van der Waals surface area contributed by atoms with Gasteiger partial charge in [-0.1, -0.05) is 39.8 Å². The maximum Gasteiger partial charge on any atom is 0.329 e. The van der Waals surface area contributed by atoms with Crippen molar-refractivity contribution >= 4 is 29.9 Å². The zero-order valence-corrected chi connectivity index (χ0v) is 36.4. The van der Waals surface area contributed by atoms with Crippen LogP contribution in [0.2, 0.25) is 0 Å². The highest BCUT2D eigenvalue weighted by atomic mass is 19.1. The molecule has 14 nitrogen and oxygen atoms in total. The molecule has 15 unspecified atom stereocenters. The summed E-state index contributed by atoms with van der Waals surface area (Å²) in [6.45, 7) is 10.2. The lowest BCUT2D eigenvalue weighted by Crippen LogP contribution is -2.64. The maximum atomic E-state index is 16.2. The lowest BCUT2D eigenvalue weighted by molar-refractivity contribution is -0.302. The molecule has 4 rings (SSSR count). The predicted molar refractivity (Wildman–Crippen MR) is 215 cm³/mol. The first-order valence-corrected chi connectivity index (χ1v) is 21.4. The Morgan fingerprint density at radius 3 is 2.29 bits per heavy atom. The van der Waals surface area contributed by atoms with Crippen LogP contribution in [-0.2, 0) is 47.7 Å². The number of hydrogen-bond donors (Lipinski definition) is 3. The topological polar surface area (TPSA) is 187 Å². The molecule has 2 bridgehead atoms. The van der Waals surface area contributed by atoms with Gasteiger partial charge in [-0.2, -0.15) is 0 Å². The normalized spacial score (nSPS) is 40.3. The van der Waals surface area contributed by atoms with Crippen LogP contribution < -0.4 is 5.32 Å². The van der Waals surface area contributed by atoms with E-state index in [9.17, 15) is 34.2 Å². The van der Waals surface area contributed by atoms with Crippen LogP contribution in [0.3, 0.4) is 0 Å². The Morgan fingerprint density at radius 2 is 1.66 bits per heavy atom. The summed E-state index contributed by atoms with van der Waals surface area (Å²) in [6, 6.07) is -1.34. The molecule has 0 aromatic heterocycles. The number of piperidine rings is 1. The van der Waals surface area contributed by atoms with Crippen LogP contribution in [0.25, 0.3) is 0 Å². The van der Waals surface area contributed by atoms with E-state index in [0.717, 1.165) is 4.90 Å². The van der Waals surface area contributed by atoms with E-state index in [1.54, 1.807) is 47.8 Å². The van der Waals surface area contributed by atoms with Crippen molar-refractivity contribution in [1.29, 1.82) is 0 Å². The van der Waals surface area contributed by atoms with Crippen LogP contribution in [-0.4, -0.2) is 134 Å². The van der Waals surface area contributed by atoms with Gasteiger partial charge in [-0.25, -0.2) is 9.18 Å². The van der Waals surface area contributed by atoms with Crippen LogP contribution in [0, 0.1) is 29.6 Å². The van der Waals surface area contributed by atoms with E-state index in [0.29, 0.717) is 56.1 Å². The van der Waals surface area contributed by atoms with E-state index >= 15 is 4.39 Å². The van der Waals surface area contributed by atoms with Gasteiger partial charge in [0, 0.05) is 52.0 Å². The van der Waals surface area contributed by atoms with Crippen LogP contribution >= 0.6 is 0 Å². The second-order valence-corrected chi connectivity index (χ2v) is 17.4. The molecule has 0 spiro atoms. The number of nitrogens with zero attached hydrogens (tertiary/aromatic N) is 1. The van der Waals surface area contributed by atoms with Gasteiger partial charge >= 0.3 is 5.97 Å². The van der Waals surface area contributed by atoms with Crippen molar-refractivity contribution in [3.8, 4) is 0 Å². The number of aliphatic hydroxyl groups excluding tert-OH is 1. The number of halogens is 1. The van der Waals surface area contributed by atoms with Crippen molar-refractivity contribution in [2.24, 2.45) is 29.6 Å². The number of esters is 1. The molecule has 1 aliphatic carbocycles. The number of amides is 2. The van der Waals surface area contributed by atoms with Crippen molar-refractivity contribution in [2.45, 2.75) is 166 Å². The van der Waals surface area contributed by atoms with Crippen molar-refractivity contribution in [3.05, 3.63) is 23.3 Å². The molecule has 0 radical (unpaired) electrons. The summed E-state index contributed by atoms with van der Waals surface area (Å²) in [6.07, 6.45) is 0.968. The number of ether oxygens (including phenoxy) is 5. The largest absolute Gasteiger partial charge is 0.456 e. The lowest BCUT2D eigenvalue weighted by atomic mass is 9.81. The van der Waals surface area contributed by atoms with Gasteiger partial charge in [0.05, 0.1) is 30.5 Å². The van der Waals surface area contributed by atoms with Crippen LogP contribution in [0.15, 0.2) is 23.3 Å². The first-order valence-electron chi connectivity index (χ1n) is 21.4. The van der Waals surface area contributed by atoms with Crippen LogP contribution in [0.1, 0.15) is 106 Å². The van der Waals surface area contributed by atoms with Gasteiger partial charge in [0.1, 0.15) is 30.2 Å². The zero-order chi connectivity index (χ0) is 43.8. The summed E-state index contributed by atoms with van der Waals surface area (Å²) in [5.41, 5.74) is 0.943. The number of carbonyl (C=O) groups excluding carboxylic acids is 5. The summed E-state index contributed by atoms with van der Waals surface area (Å²) in [4.78, 5) is 69.0. The maximum absolute atomic E-state index is 16.2. The molecule has 2 saturated heterocycles. The number of Topliss-reactive ketones (excluding diaryl/α,β-unsaturated/α-hetero) is 2. The van der Waals surface area contributed by atoms with Crippen LogP contribution in [0.5, 0.6) is 0 Å². The quantitative estimate of drug-likeness (QED) is 0.137. The number of cyclic esters (lactones) is 1. The van der Waals surface area contributed by atoms with Gasteiger partial charge in [-0.05, 0) is 94.6 Å². The second kappa shape index (κ2) is 21.6. The zero-order valence-electron chi connectivity index (χ0n) is 36.4. The number of aliphatic hydroxyl groups is 2. The molecule has 3 aliphatic heterocycles. The van der Waals surface area contributed by atoms with Gasteiger partial charge in [0.25, 0.3) is 11.7 Å². The minimum atomic E-state index is -2.61. The number of allylic oxidation sites excluding steroid dienone is 3. The van der Waals surface area contributed by atoms with Crippen LogP contribution in [0.4, 0.5) is 4.39 Å². The number of hydrogen-bond acceptors (Lipinski definition) is 12. The average Bonchev–Trinajstić information content (AvgIpc) is 3.23. The monoisotopic (exact) mass is 836 g/mol. The highest BCUT2D eigenvalue weighted by Crippen LogP contribution is 2.39. The van der Waals surface area contributed by atoms with Gasteiger partial charge in [-0.3, -0.25) is 19.2 Å². The van der Waals surface area contributed by atoms with Crippen molar-refractivity contribution in [1.82, 2.24) is 10.2 Å².